The van der Waals surface area contributed by atoms with E-state index in [4.69, 9.17) is 9.15 Å². The van der Waals surface area contributed by atoms with E-state index in [1.165, 1.54) is 0 Å². The SMILES string of the molecule is N#Cc1ccccc1CN1C(=O)S/C(=C/c2ccc(N3CCOCC3)o2)C1=O. The first-order chi connectivity index (χ1) is 13.7. The van der Waals surface area contributed by atoms with Gasteiger partial charge in [0.2, 0.25) is 0 Å². The summed E-state index contributed by atoms with van der Waals surface area (Å²) < 4.78 is 11.1. The summed E-state index contributed by atoms with van der Waals surface area (Å²) >= 11 is 0.876. The van der Waals surface area contributed by atoms with Gasteiger partial charge in [-0.3, -0.25) is 14.5 Å². The first-order valence-corrected chi connectivity index (χ1v) is 9.63. The molecule has 7 nitrogen and oxygen atoms in total. The van der Waals surface area contributed by atoms with E-state index >= 15 is 0 Å². The first kappa shape index (κ1) is 18.3. The Morgan fingerprint density at radius 3 is 2.71 bits per heavy atom. The summed E-state index contributed by atoms with van der Waals surface area (Å²) in [6.07, 6.45) is 1.59. The molecule has 2 aromatic rings. The number of anilines is 1. The highest BCUT2D eigenvalue weighted by Gasteiger charge is 2.35. The summed E-state index contributed by atoms with van der Waals surface area (Å²) in [7, 11) is 0. The van der Waals surface area contributed by atoms with Gasteiger partial charge in [-0.15, -0.1) is 0 Å². The highest BCUT2D eigenvalue weighted by molar-refractivity contribution is 8.18. The van der Waals surface area contributed by atoms with Crippen molar-refractivity contribution in [2.24, 2.45) is 0 Å². The van der Waals surface area contributed by atoms with Crippen molar-refractivity contribution in [1.82, 2.24) is 4.90 Å². The molecule has 1 aromatic carbocycles. The number of rotatable bonds is 4. The second-order valence-corrected chi connectivity index (χ2v) is 7.31. The largest absolute Gasteiger partial charge is 0.441 e. The van der Waals surface area contributed by atoms with Gasteiger partial charge in [0.1, 0.15) is 5.76 Å². The Bertz CT molecular complexity index is 985. The summed E-state index contributed by atoms with van der Waals surface area (Å²) in [6.45, 7) is 2.88. The van der Waals surface area contributed by atoms with Crippen LogP contribution in [0.3, 0.4) is 0 Å². The topological polar surface area (TPSA) is 86.8 Å². The van der Waals surface area contributed by atoms with Crippen molar-refractivity contribution in [2.45, 2.75) is 6.54 Å². The summed E-state index contributed by atoms with van der Waals surface area (Å²) in [4.78, 5) is 28.6. The second kappa shape index (κ2) is 7.92. The highest BCUT2D eigenvalue weighted by Crippen LogP contribution is 2.34. The zero-order valence-electron chi connectivity index (χ0n) is 15.0. The van der Waals surface area contributed by atoms with Crippen molar-refractivity contribution in [1.29, 1.82) is 5.26 Å². The van der Waals surface area contributed by atoms with Crippen LogP contribution in [0.5, 0.6) is 0 Å². The van der Waals surface area contributed by atoms with Gasteiger partial charge in [-0.2, -0.15) is 5.26 Å². The van der Waals surface area contributed by atoms with E-state index in [0.717, 1.165) is 35.6 Å². The van der Waals surface area contributed by atoms with E-state index in [2.05, 4.69) is 11.0 Å². The lowest BCUT2D eigenvalue weighted by Crippen LogP contribution is -2.35. The van der Waals surface area contributed by atoms with Crippen LogP contribution in [0.1, 0.15) is 16.9 Å². The second-order valence-electron chi connectivity index (χ2n) is 6.31. The van der Waals surface area contributed by atoms with Crippen molar-refractivity contribution in [2.75, 3.05) is 31.2 Å². The van der Waals surface area contributed by atoms with Gasteiger partial charge in [0.25, 0.3) is 11.1 Å². The number of furan rings is 1. The molecule has 2 saturated heterocycles. The Kier molecular flexibility index (Phi) is 5.19. The molecule has 2 amide bonds. The minimum Gasteiger partial charge on any atom is -0.441 e. The number of hydrogen-bond acceptors (Lipinski definition) is 7. The minimum absolute atomic E-state index is 0.0723. The fourth-order valence-electron chi connectivity index (χ4n) is 3.08. The standard InChI is InChI=1S/C20H17N3O4S/c21-12-14-3-1-2-4-15(14)13-23-19(24)17(28-20(23)25)11-16-5-6-18(27-16)22-7-9-26-10-8-22/h1-6,11H,7-10,13H2/b17-11+. The zero-order valence-corrected chi connectivity index (χ0v) is 15.8. The molecule has 1 aromatic heterocycles. The number of thioether (sulfide) groups is 1. The van der Waals surface area contributed by atoms with Gasteiger partial charge in [-0.1, -0.05) is 18.2 Å². The van der Waals surface area contributed by atoms with E-state index in [1.54, 1.807) is 36.4 Å². The molecule has 2 aliphatic rings. The molecule has 0 atom stereocenters. The van der Waals surface area contributed by atoms with Crippen molar-refractivity contribution in [3.8, 4) is 6.07 Å². The number of nitrogens with zero attached hydrogens (tertiary/aromatic N) is 3. The summed E-state index contributed by atoms with van der Waals surface area (Å²) in [5.41, 5.74) is 1.09. The number of morpholine rings is 1. The number of nitriles is 1. The fraction of sp³-hybridized carbons (Fsp3) is 0.250. The van der Waals surface area contributed by atoms with Crippen LogP contribution in [-0.4, -0.2) is 42.3 Å². The van der Waals surface area contributed by atoms with Crippen LogP contribution in [0, 0.1) is 11.3 Å². The number of carbonyl (C=O) groups excluding carboxylic acids is 2. The number of ether oxygens (including phenoxy) is 1. The summed E-state index contributed by atoms with van der Waals surface area (Å²) in [5, 5.41) is 8.84. The van der Waals surface area contributed by atoms with Crippen LogP contribution >= 0.6 is 11.8 Å². The molecule has 0 spiro atoms. The lowest BCUT2D eigenvalue weighted by Gasteiger charge is -2.26. The number of hydrogen-bond donors (Lipinski definition) is 0. The van der Waals surface area contributed by atoms with E-state index in [9.17, 15) is 14.9 Å². The third-order valence-electron chi connectivity index (χ3n) is 4.55. The fourth-order valence-corrected chi connectivity index (χ4v) is 3.89. The average Bonchev–Trinajstić information content (AvgIpc) is 3.29. The van der Waals surface area contributed by atoms with Crippen LogP contribution in [-0.2, 0) is 16.1 Å². The molecule has 0 bridgehead atoms. The summed E-state index contributed by atoms with van der Waals surface area (Å²) in [5.74, 6) is 0.855. The molecule has 3 heterocycles. The van der Waals surface area contributed by atoms with Gasteiger partial charge in [0.15, 0.2) is 5.88 Å². The van der Waals surface area contributed by atoms with Crippen LogP contribution in [0.25, 0.3) is 6.08 Å². The van der Waals surface area contributed by atoms with Gasteiger partial charge in [0, 0.05) is 25.2 Å². The van der Waals surface area contributed by atoms with Gasteiger partial charge >= 0.3 is 0 Å². The van der Waals surface area contributed by atoms with Crippen molar-refractivity contribution >= 4 is 34.9 Å². The lowest BCUT2D eigenvalue weighted by molar-refractivity contribution is -0.123. The molecule has 2 aliphatic heterocycles. The number of carbonyl (C=O) groups is 2. The van der Waals surface area contributed by atoms with E-state index in [0.29, 0.717) is 35.0 Å². The van der Waals surface area contributed by atoms with Crippen molar-refractivity contribution < 1.29 is 18.7 Å². The van der Waals surface area contributed by atoms with Crippen LogP contribution < -0.4 is 4.90 Å². The third-order valence-corrected chi connectivity index (χ3v) is 5.46. The maximum atomic E-state index is 12.7. The number of imide groups is 1. The highest BCUT2D eigenvalue weighted by atomic mass is 32.2. The molecule has 0 unspecified atom stereocenters. The molecular weight excluding hydrogens is 378 g/mol. The van der Waals surface area contributed by atoms with Crippen LogP contribution in [0.4, 0.5) is 10.7 Å². The molecule has 0 radical (unpaired) electrons. The lowest BCUT2D eigenvalue weighted by atomic mass is 10.1. The Morgan fingerprint density at radius 2 is 1.93 bits per heavy atom. The molecule has 0 aliphatic carbocycles. The predicted octanol–water partition coefficient (Wildman–Crippen LogP) is 3.22. The monoisotopic (exact) mass is 395 g/mol. The Morgan fingerprint density at radius 1 is 1.14 bits per heavy atom. The molecule has 142 valence electrons. The van der Waals surface area contributed by atoms with E-state index in [1.807, 2.05) is 6.07 Å². The van der Waals surface area contributed by atoms with Gasteiger partial charge in [-0.05, 0) is 29.5 Å². The zero-order chi connectivity index (χ0) is 19.5. The van der Waals surface area contributed by atoms with Crippen molar-refractivity contribution in [3.05, 3.63) is 58.2 Å². The Balaban J connectivity index is 1.51. The third kappa shape index (κ3) is 3.67. The van der Waals surface area contributed by atoms with Crippen LogP contribution in [0.15, 0.2) is 45.7 Å². The molecule has 28 heavy (non-hydrogen) atoms. The first-order valence-electron chi connectivity index (χ1n) is 8.81. The van der Waals surface area contributed by atoms with E-state index < -0.39 is 0 Å². The predicted molar refractivity (Wildman–Crippen MR) is 104 cm³/mol. The summed E-state index contributed by atoms with van der Waals surface area (Å²) in [6, 6.07) is 12.7. The van der Waals surface area contributed by atoms with E-state index in [-0.39, 0.29) is 17.7 Å². The Labute approximate surface area is 166 Å². The van der Waals surface area contributed by atoms with Crippen LogP contribution in [0.2, 0.25) is 0 Å². The Hall–Kier alpha value is -3.02. The molecule has 0 N–H and O–H groups in total. The maximum absolute atomic E-state index is 12.7. The maximum Gasteiger partial charge on any atom is 0.293 e. The van der Waals surface area contributed by atoms with Gasteiger partial charge in [0.05, 0.1) is 36.3 Å². The quantitative estimate of drug-likeness (QED) is 0.735. The number of benzene rings is 1. The molecule has 0 saturated carbocycles. The molecule has 2 fully saturated rings. The normalized spacial score (nSPS) is 18.8. The molecule has 4 rings (SSSR count). The number of amides is 2. The van der Waals surface area contributed by atoms with Crippen molar-refractivity contribution in [3.63, 3.8) is 0 Å². The molecule has 8 heteroatoms. The molecular formula is C20H17N3O4S. The van der Waals surface area contributed by atoms with Gasteiger partial charge in [-0.25, -0.2) is 0 Å². The van der Waals surface area contributed by atoms with Gasteiger partial charge < -0.3 is 14.1 Å². The minimum atomic E-state index is -0.382. The smallest absolute Gasteiger partial charge is 0.293 e. The average molecular weight is 395 g/mol.